The SMILES string of the molecule is COc1ccc(NC(=O)N2CCN(C(=O)c3ccc4c(c3)OCO4)C2C(=O)NC(CC(=O)O)C2CCCCC2)cc1. The lowest BCUT2D eigenvalue weighted by molar-refractivity contribution is -0.138. The van der Waals surface area contributed by atoms with Crippen LogP contribution in [0.3, 0.4) is 0 Å². The van der Waals surface area contributed by atoms with Crippen LogP contribution in [0.25, 0.3) is 0 Å². The molecule has 2 atom stereocenters. The molecule has 2 unspecified atom stereocenters. The summed E-state index contributed by atoms with van der Waals surface area (Å²) in [6.07, 6.45) is 3.10. The lowest BCUT2D eigenvalue weighted by Crippen LogP contribution is -2.57. The fourth-order valence-electron chi connectivity index (χ4n) is 5.72. The number of carboxylic acids is 1. The first-order chi connectivity index (χ1) is 19.8. The number of aliphatic carboxylic acids is 1. The van der Waals surface area contributed by atoms with E-state index < -0.39 is 36.0 Å². The largest absolute Gasteiger partial charge is 0.497 e. The summed E-state index contributed by atoms with van der Waals surface area (Å²) in [5, 5.41) is 15.3. The van der Waals surface area contributed by atoms with Crippen LogP contribution in [0.15, 0.2) is 42.5 Å². The van der Waals surface area contributed by atoms with Crippen molar-refractivity contribution >= 4 is 29.5 Å². The normalized spacial score (nSPS) is 19.0. The average molecular weight is 567 g/mol. The van der Waals surface area contributed by atoms with Crippen molar-refractivity contribution in [3.8, 4) is 17.2 Å². The molecule has 1 saturated carbocycles. The molecule has 1 aliphatic carbocycles. The second kappa shape index (κ2) is 12.4. The zero-order chi connectivity index (χ0) is 28.9. The number of urea groups is 1. The van der Waals surface area contributed by atoms with E-state index >= 15 is 0 Å². The van der Waals surface area contributed by atoms with Crippen molar-refractivity contribution in [2.45, 2.75) is 50.7 Å². The molecular weight excluding hydrogens is 532 g/mol. The fraction of sp³-hybridized carbons (Fsp3) is 0.448. The molecule has 12 heteroatoms. The van der Waals surface area contributed by atoms with Crippen molar-refractivity contribution in [2.75, 3.05) is 32.3 Å². The first kappa shape index (κ1) is 28.1. The number of fused-ring (bicyclic) bond motifs is 1. The summed E-state index contributed by atoms with van der Waals surface area (Å²) in [4.78, 5) is 55.4. The van der Waals surface area contributed by atoms with Crippen LogP contribution in [0.2, 0.25) is 0 Å². The molecule has 2 aromatic carbocycles. The van der Waals surface area contributed by atoms with Gasteiger partial charge in [-0.3, -0.25) is 19.3 Å². The summed E-state index contributed by atoms with van der Waals surface area (Å²) in [7, 11) is 1.54. The van der Waals surface area contributed by atoms with E-state index in [0.29, 0.717) is 22.9 Å². The predicted octanol–water partition coefficient (Wildman–Crippen LogP) is 3.28. The Balaban J connectivity index is 1.40. The van der Waals surface area contributed by atoms with Crippen LogP contribution in [0.4, 0.5) is 10.5 Å². The summed E-state index contributed by atoms with van der Waals surface area (Å²) in [5.41, 5.74) is 0.764. The molecular formula is C29H34N4O8. The highest BCUT2D eigenvalue weighted by Gasteiger charge is 2.44. The number of amides is 4. The molecule has 2 fully saturated rings. The quantitative estimate of drug-likeness (QED) is 0.441. The standard InChI is InChI=1S/C29H34N4O8/c1-39-21-10-8-20(9-11-21)30-29(38)33-14-13-32(28(37)19-7-12-23-24(15-19)41-17-40-23)27(33)26(36)31-22(16-25(34)35)18-5-3-2-4-6-18/h7-12,15,18,22,27H,2-6,13-14,16-17H2,1H3,(H,30,38)(H,31,36)(H,34,35). The van der Waals surface area contributed by atoms with Crippen molar-refractivity contribution in [1.82, 2.24) is 15.1 Å². The molecule has 0 spiro atoms. The van der Waals surface area contributed by atoms with Gasteiger partial charge in [-0.25, -0.2) is 4.79 Å². The Labute approximate surface area is 237 Å². The highest BCUT2D eigenvalue weighted by molar-refractivity contribution is 6.01. The van der Waals surface area contributed by atoms with Gasteiger partial charge < -0.3 is 34.9 Å². The van der Waals surface area contributed by atoms with Crippen LogP contribution in [-0.2, 0) is 9.59 Å². The molecule has 2 aliphatic heterocycles. The summed E-state index contributed by atoms with van der Waals surface area (Å²) in [5.74, 6) is -0.520. The van der Waals surface area contributed by atoms with E-state index in [0.717, 1.165) is 32.1 Å². The maximum atomic E-state index is 13.9. The average Bonchev–Trinajstić information content (AvgIpc) is 3.64. The second-order valence-electron chi connectivity index (χ2n) is 10.4. The van der Waals surface area contributed by atoms with Crippen LogP contribution in [0, 0.1) is 5.92 Å². The zero-order valence-electron chi connectivity index (χ0n) is 22.8. The topological polar surface area (TPSA) is 147 Å². The van der Waals surface area contributed by atoms with Crippen molar-refractivity contribution in [1.29, 1.82) is 0 Å². The first-order valence-electron chi connectivity index (χ1n) is 13.8. The van der Waals surface area contributed by atoms with Gasteiger partial charge in [0.05, 0.1) is 13.5 Å². The van der Waals surface area contributed by atoms with Gasteiger partial charge in [0.1, 0.15) is 5.75 Å². The van der Waals surface area contributed by atoms with Crippen molar-refractivity contribution in [3.05, 3.63) is 48.0 Å². The molecule has 218 valence electrons. The van der Waals surface area contributed by atoms with Gasteiger partial charge in [-0.1, -0.05) is 19.3 Å². The summed E-state index contributed by atoms with van der Waals surface area (Å²) in [6, 6.07) is 10.3. The molecule has 41 heavy (non-hydrogen) atoms. The van der Waals surface area contributed by atoms with Crippen LogP contribution >= 0.6 is 0 Å². The number of methoxy groups -OCH3 is 1. The van der Waals surface area contributed by atoms with Crippen LogP contribution < -0.4 is 24.8 Å². The number of nitrogens with one attached hydrogen (secondary N) is 2. The van der Waals surface area contributed by atoms with Gasteiger partial charge in [0.25, 0.3) is 11.8 Å². The van der Waals surface area contributed by atoms with E-state index in [9.17, 15) is 24.3 Å². The van der Waals surface area contributed by atoms with Crippen LogP contribution in [-0.4, -0.2) is 77.9 Å². The zero-order valence-corrected chi connectivity index (χ0v) is 22.8. The smallest absolute Gasteiger partial charge is 0.323 e. The molecule has 3 aliphatic rings. The fourth-order valence-corrected chi connectivity index (χ4v) is 5.72. The van der Waals surface area contributed by atoms with Gasteiger partial charge in [0.2, 0.25) is 6.79 Å². The predicted molar refractivity (Wildman–Crippen MR) is 147 cm³/mol. The van der Waals surface area contributed by atoms with Gasteiger partial charge in [-0.15, -0.1) is 0 Å². The van der Waals surface area contributed by atoms with Crippen LogP contribution in [0.5, 0.6) is 17.2 Å². The van der Waals surface area contributed by atoms with Gasteiger partial charge in [0, 0.05) is 30.4 Å². The maximum Gasteiger partial charge on any atom is 0.323 e. The van der Waals surface area contributed by atoms with Gasteiger partial charge in [-0.05, 0) is 61.2 Å². The molecule has 12 nitrogen and oxygen atoms in total. The third kappa shape index (κ3) is 6.31. The molecule has 4 amide bonds. The third-order valence-corrected chi connectivity index (χ3v) is 7.83. The first-order valence-corrected chi connectivity index (χ1v) is 13.8. The minimum absolute atomic E-state index is 0.00444. The molecule has 3 N–H and O–H groups in total. The van der Waals surface area contributed by atoms with Gasteiger partial charge in [0.15, 0.2) is 17.7 Å². The number of benzene rings is 2. The van der Waals surface area contributed by atoms with E-state index in [2.05, 4.69) is 10.6 Å². The molecule has 2 heterocycles. The summed E-state index contributed by atoms with van der Waals surface area (Å²) < 4.78 is 15.9. The number of hydrogen-bond donors (Lipinski definition) is 3. The Morgan fingerprint density at radius 3 is 2.39 bits per heavy atom. The molecule has 0 bridgehead atoms. The van der Waals surface area contributed by atoms with Crippen molar-refractivity contribution in [3.63, 3.8) is 0 Å². The lowest BCUT2D eigenvalue weighted by Gasteiger charge is -2.34. The Hall–Kier alpha value is -4.48. The maximum absolute atomic E-state index is 13.9. The van der Waals surface area contributed by atoms with Crippen molar-refractivity contribution in [2.24, 2.45) is 5.92 Å². The molecule has 5 rings (SSSR count). The number of rotatable bonds is 8. The molecule has 2 aromatic rings. The Morgan fingerprint density at radius 1 is 0.976 bits per heavy atom. The Kier molecular flexibility index (Phi) is 8.46. The lowest BCUT2D eigenvalue weighted by atomic mass is 9.82. The number of carbonyl (C=O) groups excluding carboxylic acids is 3. The Bertz CT molecular complexity index is 1290. The van der Waals surface area contributed by atoms with E-state index in [4.69, 9.17) is 14.2 Å². The van der Waals surface area contributed by atoms with Crippen molar-refractivity contribution < 1.29 is 38.5 Å². The monoisotopic (exact) mass is 566 g/mol. The van der Waals surface area contributed by atoms with E-state index in [1.54, 1.807) is 42.5 Å². The number of carbonyl (C=O) groups is 4. The van der Waals surface area contributed by atoms with Gasteiger partial charge >= 0.3 is 12.0 Å². The highest BCUT2D eigenvalue weighted by Crippen LogP contribution is 2.34. The number of carboxylic acid groups (broad SMARTS) is 1. The number of ether oxygens (including phenoxy) is 3. The highest BCUT2D eigenvalue weighted by atomic mass is 16.7. The summed E-state index contributed by atoms with van der Waals surface area (Å²) >= 11 is 0. The number of hydrogen-bond acceptors (Lipinski definition) is 7. The minimum Gasteiger partial charge on any atom is -0.497 e. The number of nitrogens with zero attached hydrogens (tertiary/aromatic N) is 2. The molecule has 0 aromatic heterocycles. The Morgan fingerprint density at radius 2 is 1.68 bits per heavy atom. The van der Waals surface area contributed by atoms with E-state index in [1.165, 1.54) is 16.9 Å². The molecule has 0 radical (unpaired) electrons. The van der Waals surface area contributed by atoms with E-state index in [-0.39, 0.29) is 37.8 Å². The summed E-state index contributed by atoms with van der Waals surface area (Å²) in [6.45, 7) is 0.255. The third-order valence-electron chi connectivity index (χ3n) is 7.83. The molecule has 1 saturated heterocycles. The number of anilines is 1. The second-order valence-corrected chi connectivity index (χ2v) is 10.4. The minimum atomic E-state index is -1.29. The van der Waals surface area contributed by atoms with Gasteiger partial charge in [-0.2, -0.15) is 0 Å². The van der Waals surface area contributed by atoms with E-state index in [1.807, 2.05) is 0 Å². The van der Waals surface area contributed by atoms with Crippen LogP contribution in [0.1, 0.15) is 48.9 Å².